The summed E-state index contributed by atoms with van der Waals surface area (Å²) < 4.78 is 5.33. The Bertz CT molecular complexity index is 409. The van der Waals surface area contributed by atoms with Crippen LogP contribution in [0.4, 0.5) is 0 Å². The minimum Gasteiger partial charge on any atom is -0.377 e. The lowest BCUT2D eigenvalue weighted by atomic mass is 9.93. The molecule has 0 bridgehead atoms. The molecule has 0 amide bonds. The normalized spacial score (nSPS) is 18.0. The molecule has 1 aromatic heterocycles. The van der Waals surface area contributed by atoms with Crippen LogP contribution in [0.5, 0.6) is 0 Å². The van der Waals surface area contributed by atoms with Gasteiger partial charge < -0.3 is 4.74 Å². The van der Waals surface area contributed by atoms with Gasteiger partial charge in [-0.2, -0.15) is 0 Å². The molecule has 0 saturated carbocycles. The van der Waals surface area contributed by atoms with E-state index in [4.69, 9.17) is 9.72 Å². The van der Waals surface area contributed by atoms with Crippen molar-refractivity contribution in [2.45, 2.75) is 33.1 Å². The van der Waals surface area contributed by atoms with Crippen molar-refractivity contribution in [3.8, 4) is 0 Å². The van der Waals surface area contributed by atoms with Gasteiger partial charge in [-0.15, -0.1) is 0 Å². The van der Waals surface area contributed by atoms with Crippen LogP contribution in [0.2, 0.25) is 0 Å². The molecule has 0 spiro atoms. The van der Waals surface area contributed by atoms with Crippen molar-refractivity contribution in [3.63, 3.8) is 0 Å². The summed E-state index contributed by atoms with van der Waals surface area (Å²) >= 11 is 0. The number of nitrogens with zero attached hydrogens (tertiary/aromatic N) is 1. The lowest BCUT2D eigenvalue weighted by Crippen LogP contribution is -2.08. The van der Waals surface area contributed by atoms with E-state index >= 15 is 0 Å². The molecule has 1 aliphatic heterocycles. The van der Waals surface area contributed by atoms with Gasteiger partial charge in [0.15, 0.2) is 0 Å². The number of hydrogen-bond acceptors (Lipinski definition) is 2. The van der Waals surface area contributed by atoms with Crippen LogP contribution in [0.15, 0.2) is 24.3 Å². The number of rotatable bonds is 3. The van der Waals surface area contributed by atoms with Gasteiger partial charge >= 0.3 is 0 Å². The number of aromatic nitrogens is 1. The largest absolute Gasteiger partial charge is 0.377 e. The van der Waals surface area contributed by atoms with Crippen molar-refractivity contribution in [1.29, 1.82) is 0 Å². The highest BCUT2D eigenvalue weighted by molar-refractivity contribution is 5.63. The van der Waals surface area contributed by atoms with E-state index in [2.05, 4.69) is 45.0 Å². The highest BCUT2D eigenvalue weighted by Gasteiger charge is 2.13. The first kappa shape index (κ1) is 12.3. The molecule has 1 aromatic rings. The monoisotopic (exact) mass is 231 g/mol. The fourth-order valence-corrected chi connectivity index (χ4v) is 1.99. The van der Waals surface area contributed by atoms with Crippen LogP contribution < -0.4 is 0 Å². The second-order valence-corrected chi connectivity index (χ2v) is 5.03. The zero-order valence-electron chi connectivity index (χ0n) is 10.9. The first-order chi connectivity index (χ1) is 8.18. The highest BCUT2D eigenvalue weighted by Crippen LogP contribution is 2.25. The third-order valence-electron chi connectivity index (χ3n) is 3.53. The van der Waals surface area contributed by atoms with E-state index in [1.807, 2.05) is 0 Å². The van der Waals surface area contributed by atoms with Crippen molar-refractivity contribution < 1.29 is 4.74 Å². The minimum absolute atomic E-state index is 0.510. The molecule has 0 saturated heterocycles. The highest BCUT2D eigenvalue weighted by atomic mass is 16.5. The summed E-state index contributed by atoms with van der Waals surface area (Å²) in [6.45, 7) is 8.27. The summed E-state index contributed by atoms with van der Waals surface area (Å²) in [6.07, 6.45) is 3.13. The van der Waals surface area contributed by atoms with E-state index < -0.39 is 0 Å². The third kappa shape index (κ3) is 2.95. The van der Waals surface area contributed by atoms with Gasteiger partial charge in [-0.1, -0.05) is 32.9 Å². The van der Waals surface area contributed by atoms with Gasteiger partial charge in [0.25, 0.3) is 0 Å². The predicted octanol–water partition coefficient (Wildman–Crippen LogP) is 3.64. The van der Waals surface area contributed by atoms with Gasteiger partial charge in [-0.25, -0.2) is 0 Å². The summed E-state index contributed by atoms with van der Waals surface area (Å²) in [5.74, 6) is 1.14. The van der Waals surface area contributed by atoms with Crippen molar-refractivity contribution in [1.82, 2.24) is 4.98 Å². The number of pyridine rings is 1. The van der Waals surface area contributed by atoms with Gasteiger partial charge in [0.1, 0.15) is 0 Å². The Balaban J connectivity index is 2.25. The fourth-order valence-electron chi connectivity index (χ4n) is 1.99. The SMILES string of the molecule is CC(C)C(C)c1cccc(C2=CCOCC2)n1. The molecule has 0 aromatic carbocycles. The van der Waals surface area contributed by atoms with Gasteiger partial charge in [0, 0.05) is 11.6 Å². The van der Waals surface area contributed by atoms with Crippen molar-refractivity contribution in [2.75, 3.05) is 13.2 Å². The van der Waals surface area contributed by atoms with Crippen molar-refractivity contribution in [2.24, 2.45) is 5.92 Å². The fraction of sp³-hybridized carbons (Fsp3) is 0.533. The molecule has 2 heteroatoms. The van der Waals surface area contributed by atoms with Crippen LogP contribution in [0, 0.1) is 5.92 Å². The molecule has 1 unspecified atom stereocenters. The molecule has 2 heterocycles. The van der Waals surface area contributed by atoms with Crippen molar-refractivity contribution >= 4 is 5.57 Å². The Kier molecular flexibility index (Phi) is 3.95. The smallest absolute Gasteiger partial charge is 0.0663 e. The van der Waals surface area contributed by atoms with Crippen LogP contribution in [0.3, 0.4) is 0 Å². The number of hydrogen-bond donors (Lipinski definition) is 0. The van der Waals surface area contributed by atoms with Crippen LogP contribution in [-0.4, -0.2) is 18.2 Å². The van der Waals surface area contributed by atoms with E-state index in [0.29, 0.717) is 11.8 Å². The molecule has 17 heavy (non-hydrogen) atoms. The number of ether oxygens (including phenoxy) is 1. The average molecular weight is 231 g/mol. The van der Waals surface area contributed by atoms with E-state index in [9.17, 15) is 0 Å². The van der Waals surface area contributed by atoms with Gasteiger partial charge in [0.05, 0.1) is 18.9 Å². The Morgan fingerprint density at radius 2 is 2.06 bits per heavy atom. The summed E-state index contributed by atoms with van der Waals surface area (Å²) in [5.41, 5.74) is 3.65. The average Bonchev–Trinajstić information content (AvgIpc) is 2.39. The maximum Gasteiger partial charge on any atom is 0.0663 e. The predicted molar refractivity (Wildman–Crippen MR) is 70.9 cm³/mol. The molecule has 2 nitrogen and oxygen atoms in total. The molecular weight excluding hydrogens is 210 g/mol. The molecule has 0 fully saturated rings. The van der Waals surface area contributed by atoms with Gasteiger partial charge in [-0.3, -0.25) is 4.98 Å². The Hall–Kier alpha value is -1.15. The first-order valence-electron chi connectivity index (χ1n) is 6.42. The van der Waals surface area contributed by atoms with Crippen molar-refractivity contribution in [3.05, 3.63) is 35.7 Å². The molecule has 0 radical (unpaired) electrons. The molecule has 1 atom stereocenters. The Morgan fingerprint density at radius 1 is 1.24 bits per heavy atom. The van der Waals surface area contributed by atoms with Crippen LogP contribution >= 0.6 is 0 Å². The zero-order valence-corrected chi connectivity index (χ0v) is 10.9. The second-order valence-electron chi connectivity index (χ2n) is 5.03. The van der Waals surface area contributed by atoms with E-state index in [-0.39, 0.29) is 0 Å². The lowest BCUT2D eigenvalue weighted by Gasteiger charge is -2.18. The Morgan fingerprint density at radius 3 is 2.71 bits per heavy atom. The third-order valence-corrected chi connectivity index (χ3v) is 3.53. The van der Waals surface area contributed by atoms with Crippen LogP contribution in [0.25, 0.3) is 5.57 Å². The molecule has 92 valence electrons. The quantitative estimate of drug-likeness (QED) is 0.792. The summed E-state index contributed by atoms with van der Waals surface area (Å²) in [4.78, 5) is 4.79. The second kappa shape index (κ2) is 5.46. The maximum absolute atomic E-state index is 5.33. The molecule has 0 N–H and O–H groups in total. The van der Waals surface area contributed by atoms with E-state index in [1.54, 1.807) is 0 Å². The van der Waals surface area contributed by atoms with E-state index in [0.717, 1.165) is 25.3 Å². The molecule has 0 aliphatic carbocycles. The summed E-state index contributed by atoms with van der Waals surface area (Å²) in [7, 11) is 0. The van der Waals surface area contributed by atoms with Crippen LogP contribution in [0.1, 0.15) is 44.5 Å². The zero-order chi connectivity index (χ0) is 12.3. The molecule has 2 rings (SSSR count). The molecular formula is C15H21NO. The summed E-state index contributed by atoms with van der Waals surface area (Å²) in [5, 5.41) is 0. The lowest BCUT2D eigenvalue weighted by molar-refractivity contribution is 0.161. The van der Waals surface area contributed by atoms with E-state index in [1.165, 1.54) is 11.3 Å². The van der Waals surface area contributed by atoms with Gasteiger partial charge in [0.2, 0.25) is 0 Å². The maximum atomic E-state index is 5.33. The van der Waals surface area contributed by atoms with Crippen LogP contribution in [-0.2, 0) is 4.74 Å². The first-order valence-corrected chi connectivity index (χ1v) is 6.42. The summed E-state index contributed by atoms with van der Waals surface area (Å²) in [6, 6.07) is 6.36. The topological polar surface area (TPSA) is 22.1 Å². The standard InChI is InChI=1S/C15H21NO/c1-11(2)12(3)14-5-4-6-15(16-14)13-7-9-17-10-8-13/h4-7,11-12H,8-10H2,1-3H3. The Labute approximate surface area is 104 Å². The van der Waals surface area contributed by atoms with Gasteiger partial charge in [-0.05, 0) is 30.0 Å². The minimum atomic E-state index is 0.510. The molecule has 1 aliphatic rings.